The number of morpholine rings is 1. The lowest BCUT2D eigenvalue weighted by Crippen LogP contribution is -2.38. The molecule has 9 heteroatoms. The number of benzene rings is 3. The van der Waals surface area contributed by atoms with Crippen LogP contribution in [0.25, 0.3) is 16.5 Å². The Morgan fingerprint density at radius 1 is 1.03 bits per heavy atom. The third kappa shape index (κ3) is 4.76. The standard InChI is InChI=1S/C25H24FN5O2S/c1-17(23(32)27-21-10-9-18-5-2-3-6-19(18)15-21)34-25-29-28-24(30-11-13-33-14-12-30)31(25)22-8-4-7-20(26)16-22/h2-10,15-17H,11-14H2,1H3,(H,27,32). The van der Waals surface area contributed by atoms with Gasteiger partial charge in [0.2, 0.25) is 11.9 Å². The van der Waals surface area contributed by atoms with Crippen LogP contribution in [0.4, 0.5) is 16.0 Å². The third-order valence-corrected chi connectivity index (χ3v) is 6.69. The van der Waals surface area contributed by atoms with Gasteiger partial charge in [-0.15, -0.1) is 10.2 Å². The Balaban J connectivity index is 1.39. The van der Waals surface area contributed by atoms with E-state index in [1.165, 1.54) is 23.9 Å². The predicted molar refractivity (Wildman–Crippen MR) is 132 cm³/mol. The number of ether oxygens (including phenoxy) is 1. The largest absolute Gasteiger partial charge is 0.378 e. The van der Waals surface area contributed by atoms with Crippen molar-refractivity contribution < 1.29 is 13.9 Å². The summed E-state index contributed by atoms with van der Waals surface area (Å²) in [6.45, 7) is 4.32. The lowest BCUT2D eigenvalue weighted by molar-refractivity contribution is -0.115. The van der Waals surface area contributed by atoms with Crippen LogP contribution < -0.4 is 10.2 Å². The number of rotatable bonds is 6. The van der Waals surface area contributed by atoms with Gasteiger partial charge in [0, 0.05) is 18.8 Å². The molecule has 2 heterocycles. The van der Waals surface area contributed by atoms with Crippen LogP contribution in [0, 0.1) is 5.82 Å². The number of carbonyl (C=O) groups is 1. The Morgan fingerprint density at radius 2 is 1.82 bits per heavy atom. The summed E-state index contributed by atoms with van der Waals surface area (Å²) in [6, 6.07) is 20.1. The fourth-order valence-electron chi connectivity index (χ4n) is 3.87. The summed E-state index contributed by atoms with van der Waals surface area (Å²) in [4.78, 5) is 15.0. The molecule has 7 nitrogen and oxygen atoms in total. The summed E-state index contributed by atoms with van der Waals surface area (Å²) in [5.41, 5.74) is 1.34. The van der Waals surface area contributed by atoms with Gasteiger partial charge >= 0.3 is 0 Å². The van der Waals surface area contributed by atoms with Crippen LogP contribution in [-0.4, -0.2) is 52.2 Å². The van der Waals surface area contributed by atoms with Crippen molar-refractivity contribution in [1.29, 1.82) is 0 Å². The number of amides is 1. The number of hydrogen-bond acceptors (Lipinski definition) is 6. The molecule has 174 valence electrons. The molecule has 34 heavy (non-hydrogen) atoms. The highest BCUT2D eigenvalue weighted by Crippen LogP contribution is 2.30. The highest BCUT2D eigenvalue weighted by Gasteiger charge is 2.25. The zero-order valence-electron chi connectivity index (χ0n) is 18.6. The summed E-state index contributed by atoms with van der Waals surface area (Å²) in [5.74, 6) is 0.109. The first kappa shape index (κ1) is 22.4. The molecule has 4 aromatic rings. The van der Waals surface area contributed by atoms with Crippen molar-refractivity contribution in [2.75, 3.05) is 36.5 Å². The van der Waals surface area contributed by atoms with E-state index in [0.29, 0.717) is 43.1 Å². The van der Waals surface area contributed by atoms with Crippen molar-refractivity contribution in [3.05, 3.63) is 72.5 Å². The van der Waals surface area contributed by atoms with Gasteiger partial charge in [0.1, 0.15) is 5.82 Å². The van der Waals surface area contributed by atoms with E-state index >= 15 is 0 Å². The molecule has 3 aromatic carbocycles. The maximum atomic E-state index is 14.1. The van der Waals surface area contributed by atoms with Gasteiger partial charge in [0.05, 0.1) is 24.2 Å². The van der Waals surface area contributed by atoms with Gasteiger partial charge < -0.3 is 15.0 Å². The molecule has 1 unspecified atom stereocenters. The Bertz CT molecular complexity index is 1320. The Hall–Kier alpha value is -3.43. The van der Waals surface area contributed by atoms with Crippen molar-refractivity contribution in [2.45, 2.75) is 17.3 Å². The highest BCUT2D eigenvalue weighted by atomic mass is 32.2. The first-order valence-corrected chi connectivity index (χ1v) is 12.0. The second kappa shape index (κ2) is 9.82. The Kier molecular flexibility index (Phi) is 6.46. The molecule has 1 aromatic heterocycles. The SMILES string of the molecule is CC(Sc1nnc(N2CCOCC2)n1-c1cccc(F)c1)C(=O)Nc1ccc2ccccc2c1. The van der Waals surface area contributed by atoms with Crippen molar-refractivity contribution in [2.24, 2.45) is 0 Å². The molecule has 0 radical (unpaired) electrons. The number of anilines is 2. The Morgan fingerprint density at radius 3 is 2.62 bits per heavy atom. The van der Waals surface area contributed by atoms with Gasteiger partial charge in [-0.1, -0.05) is 48.2 Å². The summed E-state index contributed by atoms with van der Waals surface area (Å²) in [5, 5.41) is 14.0. The monoisotopic (exact) mass is 477 g/mol. The van der Waals surface area contributed by atoms with Crippen LogP contribution in [0.5, 0.6) is 0 Å². The second-order valence-corrected chi connectivity index (χ2v) is 9.32. The van der Waals surface area contributed by atoms with Crippen molar-refractivity contribution in [1.82, 2.24) is 14.8 Å². The summed E-state index contributed by atoms with van der Waals surface area (Å²) >= 11 is 1.28. The molecule has 0 spiro atoms. The van der Waals surface area contributed by atoms with Gasteiger partial charge in [0.25, 0.3) is 0 Å². The van der Waals surface area contributed by atoms with Crippen molar-refractivity contribution in [3.8, 4) is 5.69 Å². The second-order valence-electron chi connectivity index (χ2n) is 8.01. The van der Waals surface area contributed by atoms with E-state index in [-0.39, 0.29) is 11.7 Å². The molecular weight excluding hydrogens is 453 g/mol. The number of hydrogen-bond donors (Lipinski definition) is 1. The number of nitrogens with one attached hydrogen (secondary N) is 1. The lowest BCUT2D eigenvalue weighted by Gasteiger charge is -2.28. The van der Waals surface area contributed by atoms with Gasteiger partial charge in [-0.3, -0.25) is 9.36 Å². The minimum absolute atomic E-state index is 0.151. The number of nitrogens with zero attached hydrogens (tertiary/aromatic N) is 4. The molecule has 1 aliphatic heterocycles. The molecule has 1 fully saturated rings. The quantitative estimate of drug-likeness (QED) is 0.412. The molecule has 0 bridgehead atoms. The smallest absolute Gasteiger partial charge is 0.237 e. The molecule has 0 saturated carbocycles. The van der Waals surface area contributed by atoms with Crippen LogP contribution in [0.15, 0.2) is 71.9 Å². The Labute approximate surface area is 200 Å². The maximum absolute atomic E-state index is 14.1. The minimum atomic E-state index is -0.458. The summed E-state index contributed by atoms with van der Waals surface area (Å²) in [7, 11) is 0. The van der Waals surface area contributed by atoms with E-state index in [1.54, 1.807) is 16.7 Å². The van der Waals surface area contributed by atoms with Crippen LogP contribution in [0.3, 0.4) is 0 Å². The highest BCUT2D eigenvalue weighted by molar-refractivity contribution is 8.00. The minimum Gasteiger partial charge on any atom is -0.378 e. The van der Waals surface area contributed by atoms with E-state index in [0.717, 1.165) is 16.5 Å². The topological polar surface area (TPSA) is 72.3 Å². The normalized spacial score (nSPS) is 14.8. The molecule has 0 aliphatic carbocycles. The van der Waals surface area contributed by atoms with E-state index in [4.69, 9.17) is 4.74 Å². The first-order chi connectivity index (χ1) is 16.6. The molecule has 1 amide bonds. The van der Waals surface area contributed by atoms with E-state index < -0.39 is 5.25 Å². The fourth-order valence-corrected chi connectivity index (χ4v) is 4.73. The van der Waals surface area contributed by atoms with Gasteiger partial charge in [-0.2, -0.15) is 0 Å². The van der Waals surface area contributed by atoms with Crippen molar-refractivity contribution >= 4 is 40.1 Å². The van der Waals surface area contributed by atoms with Crippen LogP contribution >= 0.6 is 11.8 Å². The molecule has 5 rings (SSSR count). The number of aromatic nitrogens is 3. The average molecular weight is 478 g/mol. The summed E-state index contributed by atoms with van der Waals surface area (Å²) in [6.07, 6.45) is 0. The van der Waals surface area contributed by atoms with Crippen molar-refractivity contribution in [3.63, 3.8) is 0 Å². The molecular formula is C25H24FN5O2S. The van der Waals surface area contributed by atoms with Crippen LogP contribution in [0.2, 0.25) is 0 Å². The predicted octanol–water partition coefficient (Wildman–Crippen LogP) is 4.52. The number of fused-ring (bicyclic) bond motifs is 1. The molecule has 1 atom stereocenters. The van der Waals surface area contributed by atoms with Crippen LogP contribution in [-0.2, 0) is 9.53 Å². The third-order valence-electron chi connectivity index (χ3n) is 5.65. The van der Waals surface area contributed by atoms with Crippen LogP contribution in [0.1, 0.15) is 6.92 Å². The number of halogens is 1. The fraction of sp³-hybridized carbons (Fsp3) is 0.240. The summed E-state index contributed by atoms with van der Waals surface area (Å²) < 4.78 is 21.3. The van der Waals surface area contributed by atoms with Gasteiger partial charge in [0.15, 0.2) is 5.16 Å². The zero-order chi connectivity index (χ0) is 23.5. The van der Waals surface area contributed by atoms with E-state index in [1.807, 2.05) is 49.4 Å². The lowest BCUT2D eigenvalue weighted by atomic mass is 10.1. The zero-order valence-corrected chi connectivity index (χ0v) is 19.5. The van der Waals surface area contributed by atoms with Gasteiger partial charge in [-0.05, 0) is 48.0 Å². The number of carbonyl (C=O) groups excluding carboxylic acids is 1. The average Bonchev–Trinajstić information content (AvgIpc) is 3.28. The molecule has 1 aliphatic rings. The first-order valence-electron chi connectivity index (χ1n) is 11.1. The number of thioether (sulfide) groups is 1. The van der Waals surface area contributed by atoms with E-state index in [9.17, 15) is 9.18 Å². The van der Waals surface area contributed by atoms with E-state index in [2.05, 4.69) is 20.4 Å². The van der Waals surface area contributed by atoms with Gasteiger partial charge in [-0.25, -0.2) is 4.39 Å². The molecule has 1 N–H and O–H groups in total. The maximum Gasteiger partial charge on any atom is 0.237 e. The molecule has 1 saturated heterocycles.